The summed E-state index contributed by atoms with van der Waals surface area (Å²) in [5.41, 5.74) is 0. The molecule has 0 amide bonds. The van der Waals surface area contributed by atoms with Gasteiger partial charge in [-0.15, -0.1) is 0 Å². The van der Waals surface area contributed by atoms with E-state index in [1.54, 1.807) is 0 Å². The van der Waals surface area contributed by atoms with Gasteiger partial charge in [-0.1, -0.05) is 19.8 Å². The fourth-order valence-corrected chi connectivity index (χ4v) is 2.24. The average Bonchev–Trinajstić information content (AvgIpc) is 2.52. The Bertz CT molecular complexity index is 292. The van der Waals surface area contributed by atoms with Crippen LogP contribution in [0.15, 0.2) is 0 Å². The molecule has 0 aliphatic carbocycles. The molecule has 1 aliphatic rings. The van der Waals surface area contributed by atoms with Gasteiger partial charge in [-0.25, -0.2) is 0 Å². The molecule has 0 aromatic carbocycles. The van der Waals surface area contributed by atoms with Crippen LogP contribution in [0.3, 0.4) is 0 Å². The standard InChI is InChI=1S/C14H29NO7/c1-2-3-4-5-15-6-9(17)8-21-14-13(20)12(19)11(18)10(7-16)22-14/h9-20H,2-8H2,1H3/t9?,10-,11-,12+,13+,14+/m1/s1. The van der Waals surface area contributed by atoms with Crippen LogP contribution in [0, 0.1) is 0 Å². The smallest absolute Gasteiger partial charge is 0.186 e. The number of hydrogen-bond donors (Lipinski definition) is 6. The summed E-state index contributed by atoms with van der Waals surface area (Å²) in [6.45, 7) is 2.67. The summed E-state index contributed by atoms with van der Waals surface area (Å²) in [6.07, 6.45) is -4.02. The van der Waals surface area contributed by atoms with Crippen molar-refractivity contribution in [2.75, 3.05) is 26.3 Å². The molecule has 1 rings (SSSR count). The van der Waals surface area contributed by atoms with E-state index in [4.69, 9.17) is 14.6 Å². The molecule has 1 aliphatic heterocycles. The van der Waals surface area contributed by atoms with Crippen LogP contribution in [-0.2, 0) is 9.47 Å². The van der Waals surface area contributed by atoms with Gasteiger partial charge in [0.15, 0.2) is 6.29 Å². The molecule has 0 aromatic heterocycles. The quantitative estimate of drug-likeness (QED) is 0.253. The van der Waals surface area contributed by atoms with Crippen molar-refractivity contribution >= 4 is 0 Å². The minimum absolute atomic E-state index is 0.0938. The molecule has 1 heterocycles. The molecule has 132 valence electrons. The van der Waals surface area contributed by atoms with E-state index >= 15 is 0 Å². The molecule has 8 nitrogen and oxygen atoms in total. The Morgan fingerprint density at radius 2 is 1.86 bits per heavy atom. The Morgan fingerprint density at radius 1 is 1.14 bits per heavy atom. The normalized spacial score (nSPS) is 33.8. The third kappa shape index (κ3) is 6.05. The number of unbranched alkanes of at least 4 members (excludes halogenated alkanes) is 2. The Hall–Kier alpha value is -0.320. The lowest BCUT2D eigenvalue weighted by Crippen LogP contribution is -2.59. The summed E-state index contributed by atoms with van der Waals surface area (Å²) in [4.78, 5) is 0. The fraction of sp³-hybridized carbons (Fsp3) is 1.00. The Morgan fingerprint density at radius 3 is 2.50 bits per heavy atom. The molecular formula is C14H29NO7. The van der Waals surface area contributed by atoms with Crippen LogP contribution in [0.1, 0.15) is 26.2 Å². The van der Waals surface area contributed by atoms with Gasteiger partial charge in [0.05, 0.1) is 19.3 Å². The number of nitrogens with one attached hydrogen (secondary N) is 1. The van der Waals surface area contributed by atoms with Crippen molar-refractivity contribution in [2.24, 2.45) is 0 Å². The van der Waals surface area contributed by atoms with Crippen LogP contribution in [-0.4, -0.2) is 88.6 Å². The predicted octanol–water partition coefficient (Wildman–Crippen LogP) is -2.06. The maximum atomic E-state index is 9.78. The first-order valence-corrected chi connectivity index (χ1v) is 7.82. The van der Waals surface area contributed by atoms with E-state index in [0.717, 1.165) is 25.8 Å². The van der Waals surface area contributed by atoms with E-state index in [9.17, 15) is 20.4 Å². The highest BCUT2D eigenvalue weighted by Crippen LogP contribution is 2.21. The third-order valence-corrected chi connectivity index (χ3v) is 3.64. The van der Waals surface area contributed by atoms with Crippen LogP contribution in [0.25, 0.3) is 0 Å². The third-order valence-electron chi connectivity index (χ3n) is 3.64. The fourth-order valence-electron chi connectivity index (χ4n) is 2.24. The van der Waals surface area contributed by atoms with Crippen LogP contribution in [0.5, 0.6) is 0 Å². The lowest BCUT2D eigenvalue weighted by atomic mass is 9.99. The molecule has 1 saturated heterocycles. The molecule has 1 unspecified atom stereocenters. The lowest BCUT2D eigenvalue weighted by molar-refractivity contribution is -0.304. The van der Waals surface area contributed by atoms with E-state index in [1.807, 2.05) is 0 Å². The predicted molar refractivity (Wildman–Crippen MR) is 78.1 cm³/mol. The minimum atomic E-state index is -1.47. The molecule has 0 radical (unpaired) electrons. The largest absolute Gasteiger partial charge is 0.394 e. The van der Waals surface area contributed by atoms with Gasteiger partial charge in [0.25, 0.3) is 0 Å². The first-order valence-electron chi connectivity index (χ1n) is 7.82. The van der Waals surface area contributed by atoms with Crippen LogP contribution >= 0.6 is 0 Å². The molecule has 6 N–H and O–H groups in total. The highest BCUT2D eigenvalue weighted by atomic mass is 16.7. The van der Waals surface area contributed by atoms with Crippen molar-refractivity contribution in [1.29, 1.82) is 0 Å². The number of ether oxygens (including phenoxy) is 2. The summed E-state index contributed by atoms with van der Waals surface area (Å²) in [5, 5.41) is 50.9. The van der Waals surface area contributed by atoms with Crippen LogP contribution in [0.2, 0.25) is 0 Å². The van der Waals surface area contributed by atoms with Gasteiger partial charge in [-0.3, -0.25) is 0 Å². The SMILES string of the molecule is CCCCCNCC(O)CO[C@H]1O[C@H](CO)[C@@H](O)[C@H](O)[C@@H]1O. The zero-order valence-corrected chi connectivity index (χ0v) is 13.0. The molecule has 0 saturated carbocycles. The number of aliphatic hydroxyl groups excluding tert-OH is 5. The molecule has 22 heavy (non-hydrogen) atoms. The van der Waals surface area contributed by atoms with E-state index in [-0.39, 0.29) is 6.61 Å². The van der Waals surface area contributed by atoms with Crippen molar-refractivity contribution in [3.8, 4) is 0 Å². The first kappa shape index (κ1) is 19.7. The number of rotatable bonds is 10. The molecule has 0 bridgehead atoms. The maximum absolute atomic E-state index is 9.78. The summed E-state index contributed by atoms with van der Waals surface area (Å²) < 4.78 is 10.4. The van der Waals surface area contributed by atoms with Crippen molar-refractivity contribution in [3.63, 3.8) is 0 Å². The van der Waals surface area contributed by atoms with E-state index in [0.29, 0.717) is 6.54 Å². The Labute approximate surface area is 130 Å². The first-order chi connectivity index (χ1) is 10.5. The van der Waals surface area contributed by atoms with Crippen LogP contribution < -0.4 is 5.32 Å². The second-order valence-electron chi connectivity index (χ2n) is 5.60. The minimum Gasteiger partial charge on any atom is -0.394 e. The van der Waals surface area contributed by atoms with Crippen molar-refractivity contribution < 1.29 is 35.0 Å². The maximum Gasteiger partial charge on any atom is 0.186 e. The highest BCUT2D eigenvalue weighted by molar-refractivity contribution is 4.88. The van der Waals surface area contributed by atoms with Crippen molar-refractivity contribution in [2.45, 2.75) is 63.0 Å². The van der Waals surface area contributed by atoms with Gasteiger partial charge in [0.2, 0.25) is 0 Å². The second-order valence-corrected chi connectivity index (χ2v) is 5.60. The summed E-state index contributed by atoms with van der Waals surface area (Å²) in [7, 11) is 0. The molecule has 0 aromatic rings. The monoisotopic (exact) mass is 323 g/mol. The number of aliphatic hydroxyl groups is 5. The van der Waals surface area contributed by atoms with E-state index in [2.05, 4.69) is 12.2 Å². The molecule has 0 spiro atoms. The molecule has 6 atom stereocenters. The Kier molecular flexibility index (Phi) is 9.37. The van der Waals surface area contributed by atoms with Gasteiger partial charge in [0, 0.05) is 6.54 Å². The van der Waals surface area contributed by atoms with Crippen molar-refractivity contribution in [3.05, 3.63) is 0 Å². The zero-order chi connectivity index (χ0) is 16.5. The van der Waals surface area contributed by atoms with E-state index in [1.165, 1.54) is 0 Å². The Balaban J connectivity index is 2.27. The molecule has 1 fully saturated rings. The highest BCUT2D eigenvalue weighted by Gasteiger charge is 2.44. The summed E-state index contributed by atoms with van der Waals surface area (Å²) in [5.74, 6) is 0. The van der Waals surface area contributed by atoms with Gasteiger partial charge in [-0.05, 0) is 13.0 Å². The van der Waals surface area contributed by atoms with Crippen molar-refractivity contribution in [1.82, 2.24) is 5.32 Å². The molecule has 8 heteroatoms. The van der Waals surface area contributed by atoms with Gasteiger partial charge >= 0.3 is 0 Å². The summed E-state index contributed by atoms with van der Waals surface area (Å²) >= 11 is 0. The van der Waals surface area contributed by atoms with E-state index < -0.39 is 43.4 Å². The zero-order valence-electron chi connectivity index (χ0n) is 13.0. The number of hydrogen-bond acceptors (Lipinski definition) is 8. The van der Waals surface area contributed by atoms with Crippen LogP contribution in [0.4, 0.5) is 0 Å². The van der Waals surface area contributed by atoms with Gasteiger partial charge in [-0.2, -0.15) is 0 Å². The lowest BCUT2D eigenvalue weighted by Gasteiger charge is -2.39. The summed E-state index contributed by atoms with van der Waals surface area (Å²) in [6, 6.07) is 0. The second kappa shape index (κ2) is 10.5. The van der Waals surface area contributed by atoms with Gasteiger partial charge in [0.1, 0.15) is 24.4 Å². The topological polar surface area (TPSA) is 132 Å². The molecular weight excluding hydrogens is 294 g/mol. The van der Waals surface area contributed by atoms with Gasteiger partial charge < -0.3 is 40.3 Å². The average molecular weight is 323 g/mol.